The molecule has 0 aliphatic heterocycles. The largest absolute Gasteiger partial charge is 0.472 e. The summed E-state index contributed by atoms with van der Waals surface area (Å²) in [7, 11) is -4.41. The van der Waals surface area contributed by atoms with Crippen molar-refractivity contribution in [3.63, 3.8) is 0 Å². The number of hydrogen-bond acceptors (Lipinski definition) is 8. The first-order valence-electron chi connectivity index (χ1n) is 38.6. The van der Waals surface area contributed by atoms with Gasteiger partial charge in [-0.25, -0.2) is 4.57 Å². The van der Waals surface area contributed by atoms with Crippen LogP contribution in [0, 0.1) is 0 Å². The van der Waals surface area contributed by atoms with Gasteiger partial charge in [0.2, 0.25) is 0 Å². The predicted molar refractivity (Wildman–Crippen MR) is 413 cm³/mol. The van der Waals surface area contributed by atoms with Gasteiger partial charge in [0.05, 0.1) is 13.2 Å². The maximum atomic E-state index is 12.8. The van der Waals surface area contributed by atoms with Crippen molar-refractivity contribution in [2.45, 2.75) is 328 Å². The molecule has 0 aliphatic rings. The quantitative estimate of drug-likeness (QED) is 0.0264. The van der Waals surface area contributed by atoms with Gasteiger partial charge >= 0.3 is 19.8 Å². The Morgan fingerprint density at radius 2 is 0.547 bits per heavy atom. The van der Waals surface area contributed by atoms with Crippen LogP contribution in [0.5, 0.6) is 0 Å². The SMILES string of the molecule is CC/C=C\C/C=C\C/C=C\C/C=C\C/C=C\C/C=C\C/C=C\C/C=C\C/C=C\C/C=C\CCCCCCCCCCC(=O)OC(COC(=O)CCCCCCCCCCCCCCCCCCCCCCCC/C=C\C/C=C\C/C=C\C/C=C\CC)COP(=O)(O)OCCN. The van der Waals surface area contributed by atoms with Crippen LogP contribution in [0.4, 0.5) is 0 Å². The molecule has 0 aromatic carbocycles. The van der Waals surface area contributed by atoms with Crippen molar-refractivity contribution < 1.29 is 37.6 Å². The van der Waals surface area contributed by atoms with E-state index in [2.05, 4.69) is 184 Å². The summed E-state index contributed by atoms with van der Waals surface area (Å²) in [6, 6.07) is 0. The molecule has 0 aromatic heterocycles. The minimum absolute atomic E-state index is 0.0458. The number of phosphoric acid groups is 1. The van der Waals surface area contributed by atoms with Crippen LogP contribution in [0.2, 0.25) is 0 Å². The lowest BCUT2D eigenvalue weighted by Crippen LogP contribution is -2.29. The predicted octanol–water partition coefficient (Wildman–Crippen LogP) is 26.1. The van der Waals surface area contributed by atoms with Gasteiger partial charge in [0.1, 0.15) is 6.61 Å². The minimum atomic E-state index is -4.41. The van der Waals surface area contributed by atoms with Gasteiger partial charge in [0, 0.05) is 19.4 Å². The number of ether oxygens (including phenoxy) is 2. The zero-order chi connectivity index (χ0) is 68.6. The van der Waals surface area contributed by atoms with Crippen molar-refractivity contribution in [1.29, 1.82) is 0 Å². The van der Waals surface area contributed by atoms with Crippen LogP contribution in [0.25, 0.3) is 0 Å². The Balaban J connectivity index is 3.90. The molecule has 0 amide bonds. The Labute approximate surface area is 584 Å². The highest BCUT2D eigenvalue weighted by Gasteiger charge is 2.26. The van der Waals surface area contributed by atoms with Crippen LogP contribution in [0.15, 0.2) is 170 Å². The molecule has 0 saturated heterocycles. The molecule has 0 radical (unpaired) electrons. The normalized spacial score (nSPS) is 13.9. The van der Waals surface area contributed by atoms with E-state index in [-0.39, 0.29) is 38.6 Å². The number of unbranched alkanes of at least 4 members (excludes halogenated alkanes) is 30. The fraction of sp³-hybridized carbons (Fsp3) is 0.647. The zero-order valence-corrected chi connectivity index (χ0v) is 61.7. The van der Waals surface area contributed by atoms with Gasteiger partial charge in [-0.1, -0.05) is 351 Å². The molecule has 0 heterocycles. The third-order valence-electron chi connectivity index (χ3n) is 16.1. The van der Waals surface area contributed by atoms with Gasteiger partial charge < -0.3 is 20.1 Å². The summed E-state index contributed by atoms with van der Waals surface area (Å²) in [5, 5.41) is 0. The molecule has 95 heavy (non-hydrogen) atoms. The second-order valence-electron chi connectivity index (χ2n) is 25.1. The van der Waals surface area contributed by atoms with E-state index in [1.165, 1.54) is 154 Å². The molecule has 9 nitrogen and oxygen atoms in total. The Kier molecular flexibility index (Phi) is 74.5. The Morgan fingerprint density at radius 3 is 0.811 bits per heavy atom. The molecule has 0 aromatic rings. The summed E-state index contributed by atoms with van der Waals surface area (Å²) in [5.41, 5.74) is 5.41. The fourth-order valence-electron chi connectivity index (χ4n) is 10.5. The highest BCUT2D eigenvalue weighted by Crippen LogP contribution is 2.43. The Bertz CT molecular complexity index is 2170. The zero-order valence-electron chi connectivity index (χ0n) is 60.8. The molecular weight excluding hydrogens is 1190 g/mol. The van der Waals surface area contributed by atoms with Gasteiger partial charge in [-0.3, -0.25) is 18.6 Å². The maximum absolute atomic E-state index is 12.8. The first-order chi connectivity index (χ1) is 46.8. The lowest BCUT2D eigenvalue weighted by molar-refractivity contribution is -0.161. The van der Waals surface area contributed by atoms with E-state index in [1.54, 1.807) is 0 Å². The molecule has 2 atom stereocenters. The van der Waals surface area contributed by atoms with Crippen molar-refractivity contribution in [2.24, 2.45) is 5.73 Å². The average Bonchev–Trinajstić information content (AvgIpc) is 3.16. The smallest absolute Gasteiger partial charge is 0.462 e. The van der Waals surface area contributed by atoms with Crippen LogP contribution < -0.4 is 5.73 Å². The number of hydrogen-bond donors (Lipinski definition) is 2. The van der Waals surface area contributed by atoms with Crippen molar-refractivity contribution in [1.82, 2.24) is 0 Å². The summed E-state index contributed by atoms with van der Waals surface area (Å²) >= 11 is 0. The lowest BCUT2D eigenvalue weighted by Gasteiger charge is -2.19. The number of allylic oxidation sites excluding steroid dienone is 28. The van der Waals surface area contributed by atoms with Gasteiger partial charge in [-0.15, -0.1) is 0 Å². The third kappa shape index (κ3) is 78.3. The number of carbonyl (C=O) groups excluding carboxylic acids is 2. The topological polar surface area (TPSA) is 134 Å². The molecule has 0 saturated carbocycles. The molecule has 0 spiro atoms. The number of nitrogens with two attached hydrogens (primary N) is 1. The van der Waals surface area contributed by atoms with Gasteiger partial charge in [-0.05, 0) is 128 Å². The lowest BCUT2D eigenvalue weighted by atomic mass is 10.0. The number of phosphoric ester groups is 1. The first kappa shape index (κ1) is 90.4. The third-order valence-corrected chi connectivity index (χ3v) is 17.1. The van der Waals surface area contributed by atoms with Crippen molar-refractivity contribution in [3.8, 4) is 0 Å². The minimum Gasteiger partial charge on any atom is -0.462 e. The van der Waals surface area contributed by atoms with Gasteiger partial charge in [0.15, 0.2) is 6.10 Å². The van der Waals surface area contributed by atoms with E-state index in [9.17, 15) is 19.0 Å². The highest BCUT2D eigenvalue weighted by molar-refractivity contribution is 7.47. The maximum Gasteiger partial charge on any atom is 0.472 e. The van der Waals surface area contributed by atoms with Crippen molar-refractivity contribution >= 4 is 19.8 Å². The highest BCUT2D eigenvalue weighted by atomic mass is 31.2. The van der Waals surface area contributed by atoms with E-state index < -0.39 is 26.5 Å². The van der Waals surface area contributed by atoms with Crippen molar-refractivity contribution in [3.05, 3.63) is 170 Å². The van der Waals surface area contributed by atoms with Crippen LogP contribution >= 0.6 is 7.82 Å². The molecule has 10 heteroatoms. The molecule has 2 unspecified atom stereocenters. The Morgan fingerprint density at radius 1 is 0.316 bits per heavy atom. The fourth-order valence-corrected chi connectivity index (χ4v) is 11.2. The van der Waals surface area contributed by atoms with Crippen LogP contribution in [-0.4, -0.2) is 49.3 Å². The average molecular weight is 1340 g/mol. The molecule has 0 aliphatic carbocycles. The van der Waals surface area contributed by atoms with E-state index in [0.717, 1.165) is 135 Å². The molecule has 0 bridgehead atoms. The van der Waals surface area contributed by atoms with Crippen LogP contribution in [0.3, 0.4) is 0 Å². The van der Waals surface area contributed by atoms with Gasteiger partial charge in [0.25, 0.3) is 0 Å². The number of carbonyl (C=O) groups is 2. The number of esters is 2. The second kappa shape index (κ2) is 78.4. The summed E-state index contributed by atoms with van der Waals surface area (Å²) in [4.78, 5) is 35.4. The number of rotatable bonds is 71. The van der Waals surface area contributed by atoms with Gasteiger partial charge in [-0.2, -0.15) is 0 Å². The summed E-state index contributed by atoms with van der Waals surface area (Å²) < 4.78 is 33.2. The molecular formula is C85H142NO8P. The van der Waals surface area contributed by atoms with E-state index in [0.29, 0.717) is 6.42 Å². The molecule has 0 rings (SSSR count). The summed E-state index contributed by atoms with van der Waals surface area (Å²) in [6.45, 7) is 3.52. The first-order valence-corrected chi connectivity index (χ1v) is 40.1. The second-order valence-corrected chi connectivity index (χ2v) is 26.6. The van der Waals surface area contributed by atoms with Crippen LogP contribution in [-0.2, 0) is 32.7 Å². The van der Waals surface area contributed by atoms with E-state index in [4.69, 9.17) is 24.3 Å². The monoisotopic (exact) mass is 1340 g/mol. The van der Waals surface area contributed by atoms with E-state index in [1.807, 2.05) is 0 Å². The van der Waals surface area contributed by atoms with Crippen molar-refractivity contribution in [2.75, 3.05) is 26.4 Å². The molecule has 540 valence electrons. The summed E-state index contributed by atoms with van der Waals surface area (Å²) in [5.74, 6) is -0.835. The van der Waals surface area contributed by atoms with Crippen LogP contribution in [0.1, 0.15) is 322 Å². The molecule has 0 fully saturated rings. The Hall–Kier alpha value is -4.63. The molecule has 3 N–H and O–H groups in total. The summed E-state index contributed by atoms with van der Waals surface area (Å²) in [6.07, 6.45) is 116. The van der Waals surface area contributed by atoms with E-state index >= 15 is 0 Å². The standard InChI is InChI=1S/C85H142NO8P/c1-3-5-7-9-11-13-15-17-19-21-23-25-27-29-31-33-35-37-39-40-41-42-44-46-48-50-52-54-56-58-60-62-64-66-68-70-72-74-76-78-85(88)94-83(82-93-95(89,90)92-80-79-86)81-91-84(87)77-75-73-71-69-67-65-63-61-59-57-55-53-51-49-47-45-43-38-36-34-32-30-28-26-24-22-20-18-16-14-12-10-8-6-4-2/h5-8,11-14,17-20,23-26,29,31,35,37,40-41,44,46,50,52,56,58,83H,3-4,9-10,15-16,21-22,27-28,30,32-34,36,38-39,42-43,45,47-49,51,53-55,57,59-82,86H2,1-2H3,(H,89,90)/b7-5-,8-6-,13-11-,14-12-,19-17-,20-18-,25-23-,26-24-,31-29-,37-35-,41-40-,46-44-,52-50-,58-56-.